The molecular formula is C3H5N3S2. The zero-order valence-corrected chi connectivity index (χ0v) is 5.71. The predicted molar refractivity (Wildman–Crippen MR) is 34.8 cm³/mol. The van der Waals surface area contributed by atoms with Crippen molar-refractivity contribution in [1.82, 2.24) is 9.59 Å². The second-order valence-corrected chi connectivity index (χ2v) is 2.70. The molecule has 0 aliphatic heterocycles. The molecule has 0 atom stereocenters. The van der Waals surface area contributed by atoms with Gasteiger partial charge in [0.2, 0.25) is 0 Å². The van der Waals surface area contributed by atoms with Crippen LogP contribution in [0.4, 0.5) is 0 Å². The first kappa shape index (κ1) is 6.00. The van der Waals surface area contributed by atoms with Crippen LogP contribution in [0.5, 0.6) is 0 Å². The monoisotopic (exact) mass is 147 g/mol. The molecule has 1 aromatic heterocycles. The number of nitrogens with zero attached hydrogens (tertiary/aromatic N) is 2. The highest BCUT2D eigenvalue weighted by Gasteiger charge is 1.90. The van der Waals surface area contributed by atoms with Gasteiger partial charge in [-0.1, -0.05) is 16.3 Å². The molecule has 0 amide bonds. The average molecular weight is 147 g/mol. The maximum Gasteiger partial charge on any atom is 0.132 e. The molecule has 5 heteroatoms. The summed E-state index contributed by atoms with van der Waals surface area (Å²) in [6, 6.07) is 0. The summed E-state index contributed by atoms with van der Waals surface area (Å²) < 4.78 is 3.66. The van der Waals surface area contributed by atoms with Gasteiger partial charge in [-0.15, -0.1) is 5.10 Å². The highest BCUT2D eigenvalue weighted by Crippen LogP contribution is 2.12. The van der Waals surface area contributed by atoms with Crippen molar-refractivity contribution in [2.24, 2.45) is 5.73 Å². The molecule has 0 fully saturated rings. The van der Waals surface area contributed by atoms with Gasteiger partial charge in [-0.3, -0.25) is 0 Å². The maximum absolute atomic E-state index is 5.22. The largest absolute Gasteiger partial charge is 0.322 e. The summed E-state index contributed by atoms with van der Waals surface area (Å²) in [5, 5.41) is 6.54. The van der Waals surface area contributed by atoms with Crippen molar-refractivity contribution in [2.75, 3.05) is 5.88 Å². The molecule has 2 N–H and O–H groups in total. The Morgan fingerprint density at radius 3 is 3.25 bits per heavy atom. The van der Waals surface area contributed by atoms with Crippen LogP contribution < -0.4 is 5.73 Å². The van der Waals surface area contributed by atoms with E-state index in [0.29, 0.717) is 5.88 Å². The summed E-state index contributed by atoms with van der Waals surface area (Å²) >= 11 is 2.84. The standard InChI is InChI=1S/C3H5N3S2/c4-2-7-3-1-8-6-5-3/h1H,2,4H2. The first-order valence-corrected chi connectivity index (χ1v) is 3.85. The second kappa shape index (κ2) is 3.01. The van der Waals surface area contributed by atoms with E-state index in [0.717, 1.165) is 5.03 Å². The van der Waals surface area contributed by atoms with Crippen molar-refractivity contribution in [1.29, 1.82) is 0 Å². The fraction of sp³-hybridized carbons (Fsp3) is 0.333. The van der Waals surface area contributed by atoms with Crippen molar-refractivity contribution in [2.45, 2.75) is 5.03 Å². The van der Waals surface area contributed by atoms with Crippen LogP contribution >= 0.6 is 23.3 Å². The van der Waals surface area contributed by atoms with E-state index >= 15 is 0 Å². The fourth-order valence-corrected chi connectivity index (χ4v) is 1.35. The third-order valence-electron chi connectivity index (χ3n) is 0.571. The number of nitrogens with two attached hydrogens (primary N) is 1. The molecule has 44 valence electrons. The summed E-state index contributed by atoms with van der Waals surface area (Å²) in [4.78, 5) is 0. The Morgan fingerprint density at radius 1 is 1.88 bits per heavy atom. The predicted octanol–water partition coefficient (Wildman–Crippen LogP) is 0.546. The normalized spacial score (nSPS) is 9.62. The minimum absolute atomic E-state index is 0.575. The van der Waals surface area contributed by atoms with Crippen molar-refractivity contribution in [3.63, 3.8) is 0 Å². The molecule has 8 heavy (non-hydrogen) atoms. The maximum atomic E-state index is 5.22. The Hall–Kier alpha value is -0.130. The van der Waals surface area contributed by atoms with Crippen LogP contribution in [0.25, 0.3) is 0 Å². The van der Waals surface area contributed by atoms with Crippen LogP contribution in [0.3, 0.4) is 0 Å². The lowest BCUT2D eigenvalue weighted by atomic mass is 11.0. The Morgan fingerprint density at radius 2 is 2.75 bits per heavy atom. The molecule has 1 rings (SSSR count). The van der Waals surface area contributed by atoms with Gasteiger partial charge in [-0.25, -0.2) is 0 Å². The van der Waals surface area contributed by atoms with Crippen LogP contribution in [0.1, 0.15) is 0 Å². The molecule has 1 heterocycles. The smallest absolute Gasteiger partial charge is 0.132 e. The fourth-order valence-electron chi connectivity index (χ4n) is 0.304. The first-order chi connectivity index (χ1) is 3.93. The summed E-state index contributed by atoms with van der Waals surface area (Å²) in [5.74, 6) is 0.575. The van der Waals surface area contributed by atoms with Gasteiger partial charge in [-0.05, 0) is 11.5 Å². The minimum Gasteiger partial charge on any atom is -0.322 e. The Labute approximate surface area is 55.4 Å². The number of hydrogen-bond donors (Lipinski definition) is 1. The van der Waals surface area contributed by atoms with Crippen LogP contribution in [-0.2, 0) is 0 Å². The highest BCUT2D eigenvalue weighted by molar-refractivity contribution is 7.99. The minimum atomic E-state index is 0.575. The molecule has 0 saturated carbocycles. The Kier molecular flexibility index (Phi) is 2.26. The van der Waals surface area contributed by atoms with Gasteiger partial charge in [0.15, 0.2) is 0 Å². The van der Waals surface area contributed by atoms with Crippen molar-refractivity contribution in [3.8, 4) is 0 Å². The summed E-state index contributed by atoms with van der Waals surface area (Å²) in [7, 11) is 0. The molecule has 0 aliphatic carbocycles. The average Bonchev–Trinajstić information content (AvgIpc) is 2.19. The van der Waals surface area contributed by atoms with E-state index in [4.69, 9.17) is 5.73 Å². The van der Waals surface area contributed by atoms with Crippen molar-refractivity contribution in [3.05, 3.63) is 5.38 Å². The van der Waals surface area contributed by atoms with Gasteiger partial charge in [0.1, 0.15) is 5.03 Å². The van der Waals surface area contributed by atoms with Gasteiger partial charge in [-0.2, -0.15) is 0 Å². The molecule has 0 spiro atoms. The number of hydrogen-bond acceptors (Lipinski definition) is 5. The Balaban J connectivity index is 2.50. The molecule has 0 unspecified atom stereocenters. The first-order valence-electron chi connectivity index (χ1n) is 2.03. The molecule has 0 saturated heterocycles. The number of thioether (sulfide) groups is 1. The molecule has 0 bridgehead atoms. The Bertz CT molecular complexity index is 138. The van der Waals surface area contributed by atoms with Gasteiger partial charge in [0.25, 0.3) is 0 Å². The van der Waals surface area contributed by atoms with E-state index in [9.17, 15) is 0 Å². The number of aromatic nitrogens is 2. The second-order valence-electron chi connectivity index (χ2n) is 1.05. The molecule has 1 aromatic rings. The number of rotatable bonds is 2. The highest BCUT2D eigenvalue weighted by atomic mass is 32.2. The van der Waals surface area contributed by atoms with Gasteiger partial charge in [0.05, 0.1) is 0 Å². The summed E-state index contributed by atoms with van der Waals surface area (Å²) in [6.45, 7) is 0. The summed E-state index contributed by atoms with van der Waals surface area (Å²) in [6.07, 6.45) is 0. The zero-order chi connectivity index (χ0) is 5.82. The topological polar surface area (TPSA) is 51.8 Å². The van der Waals surface area contributed by atoms with E-state index in [1.165, 1.54) is 23.3 Å². The van der Waals surface area contributed by atoms with E-state index in [-0.39, 0.29) is 0 Å². The van der Waals surface area contributed by atoms with Crippen molar-refractivity contribution < 1.29 is 0 Å². The van der Waals surface area contributed by atoms with Crippen LogP contribution in [0, 0.1) is 0 Å². The van der Waals surface area contributed by atoms with Crippen molar-refractivity contribution >= 4 is 23.3 Å². The molecule has 3 nitrogen and oxygen atoms in total. The quantitative estimate of drug-likeness (QED) is 0.490. The van der Waals surface area contributed by atoms with E-state index in [1.54, 1.807) is 0 Å². The van der Waals surface area contributed by atoms with Crippen LogP contribution in [0.2, 0.25) is 0 Å². The third kappa shape index (κ3) is 1.43. The van der Waals surface area contributed by atoms with Gasteiger partial charge in [0, 0.05) is 11.3 Å². The van der Waals surface area contributed by atoms with E-state index in [2.05, 4.69) is 9.59 Å². The summed E-state index contributed by atoms with van der Waals surface area (Å²) in [5.41, 5.74) is 5.22. The lowest BCUT2D eigenvalue weighted by Crippen LogP contribution is -1.91. The third-order valence-corrected chi connectivity index (χ3v) is 1.89. The van der Waals surface area contributed by atoms with E-state index < -0.39 is 0 Å². The molecule has 0 aliphatic rings. The van der Waals surface area contributed by atoms with E-state index in [1.807, 2.05) is 5.38 Å². The van der Waals surface area contributed by atoms with Gasteiger partial charge >= 0.3 is 0 Å². The van der Waals surface area contributed by atoms with Crippen LogP contribution in [-0.4, -0.2) is 15.5 Å². The molecular weight excluding hydrogens is 142 g/mol. The zero-order valence-electron chi connectivity index (χ0n) is 4.07. The van der Waals surface area contributed by atoms with Gasteiger partial charge < -0.3 is 5.73 Å². The molecule has 0 radical (unpaired) electrons. The lowest BCUT2D eigenvalue weighted by Gasteiger charge is -1.83. The SMILES string of the molecule is NCSc1csnn1. The lowest BCUT2D eigenvalue weighted by molar-refractivity contribution is 1.03. The van der Waals surface area contributed by atoms with Crippen LogP contribution in [0.15, 0.2) is 10.4 Å². The molecule has 0 aromatic carbocycles.